The minimum atomic E-state index is -0.421. The monoisotopic (exact) mass is 286 g/mol. The van der Waals surface area contributed by atoms with Crippen LogP contribution in [0, 0.1) is 6.92 Å². The highest BCUT2D eigenvalue weighted by Crippen LogP contribution is 2.21. The smallest absolute Gasteiger partial charge is 0.272 e. The Balaban J connectivity index is 2.15. The van der Waals surface area contributed by atoms with Crippen molar-refractivity contribution in [2.24, 2.45) is 5.10 Å². The van der Waals surface area contributed by atoms with Gasteiger partial charge < -0.3 is 10.2 Å². The molecule has 2 aromatic heterocycles. The van der Waals surface area contributed by atoms with Crippen LogP contribution in [-0.2, 0) is 6.61 Å². The lowest BCUT2D eigenvalue weighted by Gasteiger charge is -2.07. The maximum atomic E-state index is 11.8. The number of hydrazone groups is 1. The Morgan fingerprint density at radius 2 is 2.29 bits per heavy atom. The van der Waals surface area contributed by atoms with Crippen molar-refractivity contribution in [2.75, 3.05) is 0 Å². The molecular formula is C14H14N4O3. The standard InChI is InChI=1S/C14H14N4O3/c1-9-13(20)12(11(8-19)6-16-9)7-17-18-14(21)10-3-2-4-15-5-10/h2-7,19-20H,8H2,1H3,(H,18,21). The van der Waals surface area contributed by atoms with Gasteiger partial charge in [-0.3, -0.25) is 14.8 Å². The molecule has 0 aliphatic heterocycles. The Kier molecular flexibility index (Phi) is 4.57. The summed E-state index contributed by atoms with van der Waals surface area (Å²) < 4.78 is 0. The highest BCUT2D eigenvalue weighted by atomic mass is 16.3. The van der Waals surface area contributed by atoms with E-state index in [0.717, 1.165) is 0 Å². The summed E-state index contributed by atoms with van der Waals surface area (Å²) in [6, 6.07) is 3.24. The van der Waals surface area contributed by atoms with Crippen LogP contribution < -0.4 is 5.43 Å². The van der Waals surface area contributed by atoms with Crippen LogP contribution in [0.25, 0.3) is 0 Å². The third-order valence-corrected chi connectivity index (χ3v) is 2.81. The van der Waals surface area contributed by atoms with Crippen molar-refractivity contribution in [2.45, 2.75) is 13.5 Å². The first-order valence-corrected chi connectivity index (χ1v) is 6.15. The molecule has 0 spiro atoms. The Labute approximate surface area is 121 Å². The largest absolute Gasteiger partial charge is 0.505 e. The molecule has 0 aliphatic rings. The zero-order valence-corrected chi connectivity index (χ0v) is 11.3. The number of hydrogen-bond donors (Lipinski definition) is 3. The normalized spacial score (nSPS) is 10.8. The van der Waals surface area contributed by atoms with Crippen LogP contribution in [0.2, 0.25) is 0 Å². The fraction of sp³-hybridized carbons (Fsp3) is 0.143. The predicted molar refractivity (Wildman–Crippen MR) is 75.9 cm³/mol. The summed E-state index contributed by atoms with van der Waals surface area (Å²) in [5.74, 6) is -0.504. The van der Waals surface area contributed by atoms with E-state index in [2.05, 4.69) is 20.5 Å². The molecule has 21 heavy (non-hydrogen) atoms. The molecule has 0 radical (unpaired) electrons. The zero-order chi connectivity index (χ0) is 15.2. The molecule has 0 bridgehead atoms. The van der Waals surface area contributed by atoms with Crippen LogP contribution in [0.3, 0.4) is 0 Å². The maximum Gasteiger partial charge on any atom is 0.272 e. The number of rotatable bonds is 4. The van der Waals surface area contributed by atoms with Gasteiger partial charge in [-0.05, 0) is 19.1 Å². The lowest BCUT2D eigenvalue weighted by atomic mass is 10.1. The average Bonchev–Trinajstić information content (AvgIpc) is 2.52. The molecule has 1 amide bonds. The van der Waals surface area contributed by atoms with Gasteiger partial charge in [-0.2, -0.15) is 5.10 Å². The Hall–Kier alpha value is -2.80. The van der Waals surface area contributed by atoms with Gasteiger partial charge in [-0.25, -0.2) is 5.43 Å². The molecule has 2 rings (SSSR count). The number of aliphatic hydroxyl groups is 1. The van der Waals surface area contributed by atoms with E-state index in [0.29, 0.717) is 22.4 Å². The van der Waals surface area contributed by atoms with E-state index in [-0.39, 0.29) is 12.4 Å². The van der Waals surface area contributed by atoms with Crippen molar-refractivity contribution in [3.05, 3.63) is 53.1 Å². The van der Waals surface area contributed by atoms with Crippen LogP contribution in [0.1, 0.15) is 27.2 Å². The summed E-state index contributed by atoms with van der Waals surface area (Å²) in [5, 5.41) is 22.9. The van der Waals surface area contributed by atoms with Crippen molar-refractivity contribution < 1.29 is 15.0 Å². The number of hydrogen-bond acceptors (Lipinski definition) is 6. The van der Waals surface area contributed by atoms with Gasteiger partial charge in [-0.1, -0.05) is 0 Å². The van der Waals surface area contributed by atoms with Crippen LogP contribution in [0.5, 0.6) is 5.75 Å². The summed E-state index contributed by atoms with van der Waals surface area (Å²) in [6.07, 6.45) is 5.69. The van der Waals surface area contributed by atoms with Crippen molar-refractivity contribution in [3.8, 4) is 5.75 Å². The third-order valence-electron chi connectivity index (χ3n) is 2.81. The summed E-state index contributed by atoms with van der Waals surface area (Å²) in [4.78, 5) is 19.5. The Morgan fingerprint density at radius 3 is 2.95 bits per heavy atom. The lowest BCUT2D eigenvalue weighted by molar-refractivity contribution is 0.0954. The molecule has 108 valence electrons. The lowest BCUT2D eigenvalue weighted by Crippen LogP contribution is -2.17. The number of pyridine rings is 2. The van der Waals surface area contributed by atoms with Crippen LogP contribution >= 0.6 is 0 Å². The molecule has 7 heteroatoms. The van der Waals surface area contributed by atoms with Gasteiger partial charge in [0.15, 0.2) is 0 Å². The van der Waals surface area contributed by atoms with Crippen LogP contribution in [0.15, 0.2) is 35.8 Å². The molecule has 0 saturated heterocycles. The van der Waals surface area contributed by atoms with Crippen molar-refractivity contribution in [3.63, 3.8) is 0 Å². The minimum absolute atomic E-state index is 0.0825. The molecular weight excluding hydrogens is 272 g/mol. The second kappa shape index (κ2) is 6.58. The summed E-state index contributed by atoms with van der Waals surface area (Å²) >= 11 is 0. The number of aromatic nitrogens is 2. The quantitative estimate of drug-likeness (QED) is 0.567. The molecule has 2 aromatic rings. The van der Waals surface area contributed by atoms with E-state index in [4.69, 9.17) is 0 Å². The second-order valence-electron chi connectivity index (χ2n) is 4.23. The number of amides is 1. The highest BCUT2D eigenvalue weighted by Gasteiger charge is 2.09. The van der Waals surface area contributed by atoms with Crippen molar-refractivity contribution >= 4 is 12.1 Å². The second-order valence-corrected chi connectivity index (χ2v) is 4.23. The van der Waals surface area contributed by atoms with Crippen molar-refractivity contribution in [1.29, 1.82) is 0 Å². The topological polar surface area (TPSA) is 108 Å². The van der Waals surface area contributed by atoms with E-state index in [9.17, 15) is 15.0 Å². The average molecular weight is 286 g/mol. The highest BCUT2D eigenvalue weighted by molar-refractivity contribution is 5.95. The van der Waals surface area contributed by atoms with Crippen molar-refractivity contribution in [1.82, 2.24) is 15.4 Å². The van der Waals surface area contributed by atoms with Gasteiger partial charge in [0, 0.05) is 29.7 Å². The van der Waals surface area contributed by atoms with Gasteiger partial charge >= 0.3 is 0 Å². The first-order chi connectivity index (χ1) is 10.1. The van der Waals surface area contributed by atoms with Gasteiger partial charge in [0.1, 0.15) is 5.75 Å². The minimum Gasteiger partial charge on any atom is -0.505 e. The number of nitrogens with zero attached hydrogens (tertiary/aromatic N) is 3. The zero-order valence-electron chi connectivity index (χ0n) is 11.3. The molecule has 7 nitrogen and oxygen atoms in total. The third kappa shape index (κ3) is 3.40. The van der Waals surface area contributed by atoms with E-state index >= 15 is 0 Å². The molecule has 3 N–H and O–H groups in total. The van der Waals surface area contributed by atoms with E-state index in [1.807, 2.05) is 0 Å². The van der Waals surface area contributed by atoms with Gasteiger partial charge in [0.2, 0.25) is 0 Å². The van der Waals surface area contributed by atoms with Crippen LogP contribution in [0.4, 0.5) is 0 Å². The molecule has 0 aromatic carbocycles. The first-order valence-electron chi connectivity index (χ1n) is 6.15. The van der Waals surface area contributed by atoms with Gasteiger partial charge in [0.25, 0.3) is 5.91 Å². The van der Waals surface area contributed by atoms with E-state index in [1.54, 1.807) is 25.3 Å². The molecule has 0 aliphatic carbocycles. The fourth-order valence-electron chi connectivity index (χ4n) is 1.64. The molecule has 0 atom stereocenters. The van der Waals surface area contributed by atoms with Gasteiger partial charge in [-0.15, -0.1) is 0 Å². The van der Waals surface area contributed by atoms with Crippen LogP contribution in [-0.4, -0.2) is 32.3 Å². The summed E-state index contributed by atoms with van der Waals surface area (Å²) in [6.45, 7) is 1.33. The number of aromatic hydroxyl groups is 1. The summed E-state index contributed by atoms with van der Waals surface area (Å²) in [5.41, 5.74) is 3.83. The fourth-order valence-corrected chi connectivity index (χ4v) is 1.64. The summed E-state index contributed by atoms with van der Waals surface area (Å²) in [7, 11) is 0. The van der Waals surface area contributed by atoms with Gasteiger partial charge in [0.05, 0.1) is 24.1 Å². The predicted octanol–water partition coefficient (Wildman–Crippen LogP) is 0.747. The molecule has 2 heterocycles. The molecule has 0 fully saturated rings. The molecule has 0 saturated carbocycles. The number of carbonyl (C=O) groups is 1. The number of aliphatic hydroxyl groups excluding tert-OH is 1. The number of carbonyl (C=O) groups excluding carboxylic acids is 1. The Morgan fingerprint density at radius 1 is 1.48 bits per heavy atom. The first kappa shape index (κ1) is 14.6. The van der Waals surface area contributed by atoms with E-state index in [1.165, 1.54) is 18.6 Å². The SMILES string of the molecule is Cc1ncc(CO)c(C=NNC(=O)c2cccnc2)c1O. The number of nitrogens with one attached hydrogen (secondary N) is 1. The number of aryl methyl sites for hydroxylation is 1. The van der Waals surface area contributed by atoms with E-state index < -0.39 is 5.91 Å². The molecule has 0 unspecified atom stereocenters. The Bertz CT molecular complexity index is 671. The maximum absolute atomic E-state index is 11.8.